The molecular weight excluding hydrogens is 302 g/mol. The second kappa shape index (κ2) is 14.4. The number of hydrogen-bond donors (Lipinski definition) is 0. The van der Waals surface area contributed by atoms with Crippen molar-refractivity contribution in [3.63, 3.8) is 0 Å². The highest BCUT2D eigenvalue weighted by Crippen LogP contribution is 2.24. The van der Waals surface area contributed by atoms with Gasteiger partial charge in [-0.05, 0) is 49.2 Å². The molecule has 0 saturated heterocycles. The largest absolute Gasteiger partial charge is 0.490 e. The van der Waals surface area contributed by atoms with E-state index >= 15 is 0 Å². The van der Waals surface area contributed by atoms with Gasteiger partial charge in [0.25, 0.3) is 0 Å². The average molecular weight is 331 g/mol. The second-order valence-electron chi connectivity index (χ2n) is 5.13. The van der Waals surface area contributed by atoms with Gasteiger partial charge in [0.2, 0.25) is 0 Å². The van der Waals surface area contributed by atoms with Crippen LogP contribution in [0.15, 0.2) is 53.2 Å². The highest BCUT2D eigenvalue weighted by atomic mass is 16.5. The number of rotatable bonds is 9. The molecule has 0 spiro atoms. The third kappa shape index (κ3) is 9.06. The number of methoxy groups -OCH3 is 1. The Morgan fingerprint density at radius 3 is 2.25 bits per heavy atom. The Morgan fingerprint density at radius 2 is 1.79 bits per heavy atom. The van der Waals surface area contributed by atoms with Gasteiger partial charge in [-0.15, -0.1) is 0 Å². The van der Waals surface area contributed by atoms with Gasteiger partial charge in [-0.25, -0.2) is 0 Å². The van der Waals surface area contributed by atoms with Crippen LogP contribution in [0.5, 0.6) is 5.75 Å². The van der Waals surface area contributed by atoms with E-state index < -0.39 is 0 Å². The molecule has 0 amide bonds. The number of nitrogens with zero attached hydrogens (tertiary/aromatic N) is 1. The van der Waals surface area contributed by atoms with E-state index in [0.29, 0.717) is 18.1 Å². The van der Waals surface area contributed by atoms with Crippen LogP contribution in [0.4, 0.5) is 0 Å². The van der Waals surface area contributed by atoms with E-state index in [0.717, 1.165) is 24.9 Å². The van der Waals surface area contributed by atoms with Crippen LogP contribution < -0.4 is 4.74 Å². The molecule has 24 heavy (non-hydrogen) atoms. The molecule has 0 heterocycles. The summed E-state index contributed by atoms with van der Waals surface area (Å²) in [6.07, 6.45) is 7.89. The van der Waals surface area contributed by atoms with Gasteiger partial charge in [0.05, 0.1) is 0 Å². The number of aliphatic imine (C=N–C) groups is 1. The van der Waals surface area contributed by atoms with Crippen molar-refractivity contribution >= 4 is 13.0 Å². The third-order valence-electron chi connectivity index (χ3n) is 3.37. The molecule has 0 N–H and O–H groups in total. The van der Waals surface area contributed by atoms with Crippen LogP contribution in [0.1, 0.15) is 38.2 Å². The predicted molar refractivity (Wildman–Crippen MR) is 101 cm³/mol. The Balaban J connectivity index is 0.00000163. The zero-order chi connectivity index (χ0) is 18.2. The van der Waals surface area contributed by atoms with Crippen molar-refractivity contribution in [2.75, 3.05) is 20.8 Å². The maximum absolute atomic E-state index is 10.7. The van der Waals surface area contributed by atoms with Crippen molar-refractivity contribution < 1.29 is 14.3 Å². The zero-order valence-corrected chi connectivity index (χ0v) is 15.2. The summed E-state index contributed by atoms with van der Waals surface area (Å²) in [6, 6.07) is 8.22. The molecule has 4 heteroatoms. The first-order valence-electron chi connectivity index (χ1n) is 8.07. The van der Waals surface area contributed by atoms with Crippen LogP contribution in [0.25, 0.3) is 0 Å². The van der Waals surface area contributed by atoms with Gasteiger partial charge in [0.15, 0.2) is 6.29 Å². The molecule has 1 aromatic rings. The SMILES string of the molecule is C=N/C=C(C=O)\C=C/COc1ccc(C(CC)CC)cc1.COC. The minimum Gasteiger partial charge on any atom is -0.490 e. The van der Waals surface area contributed by atoms with E-state index in [1.807, 2.05) is 12.1 Å². The monoisotopic (exact) mass is 331 g/mol. The number of ether oxygens (including phenoxy) is 2. The third-order valence-corrected chi connectivity index (χ3v) is 3.37. The molecule has 0 aliphatic heterocycles. The molecule has 0 bridgehead atoms. The number of aldehydes is 1. The molecule has 0 aliphatic carbocycles. The number of benzene rings is 1. The zero-order valence-electron chi connectivity index (χ0n) is 15.2. The molecule has 0 fully saturated rings. The van der Waals surface area contributed by atoms with Crippen LogP contribution in [0, 0.1) is 0 Å². The first-order valence-corrected chi connectivity index (χ1v) is 8.07. The fourth-order valence-corrected chi connectivity index (χ4v) is 2.14. The Bertz CT molecular complexity index is 514. The van der Waals surface area contributed by atoms with E-state index in [-0.39, 0.29) is 0 Å². The first-order chi connectivity index (χ1) is 11.7. The standard InChI is InChI=1S/C18H23NO2.C2H6O/c1-4-16(5-2)17-8-10-18(11-9-17)21-12-6-7-15(14-20)13-19-3;1-3-2/h6-11,13-14,16H,3-5,12H2,1-2H3;1-2H3/b7-6-,15-13+;. The van der Waals surface area contributed by atoms with Crippen LogP contribution in [0.3, 0.4) is 0 Å². The lowest BCUT2D eigenvalue weighted by Gasteiger charge is -2.13. The number of hydrogen-bond acceptors (Lipinski definition) is 4. The lowest BCUT2D eigenvalue weighted by atomic mass is 9.94. The summed E-state index contributed by atoms with van der Waals surface area (Å²) in [7, 11) is 3.25. The molecule has 0 aromatic heterocycles. The number of allylic oxidation sites excluding steroid dienone is 2. The molecule has 0 atom stereocenters. The fourth-order valence-electron chi connectivity index (χ4n) is 2.14. The smallest absolute Gasteiger partial charge is 0.151 e. The van der Waals surface area contributed by atoms with Gasteiger partial charge in [-0.2, -0.15) is 0 Å². The Hall–Kier alpha value is -2.20. The molecule has 132 valence electrons. The van der Waals surface area contributed by atoms with Crippen molar-refractivity contribution in [1.29, 1.82) is 0 Å². The molecule has 0 unspecified atom stereocenters. The first kappa shape index (κ1) is 21.8. The van der Waals surface area contributed by atoms with Gasteiger partial charge < -0.3 is 9.47 Å². The minimum absolute atomic E-state index is 0.409. The summed E-state index contributed by atoms with van der Waals surface area (Å²) < 4.78 is 9.85. The maximum Gasteiger partial charge on any atom is 0.151 e. The average Bonchev–Trinajstić information content (AvgIpc) is 2.60. The summed E-state index contributed by atoms with van der Waals surface area (Å²) in [6.45, 7) is 8.14. The van der Waals surface area contributed by atoms with Gasteiger partial charge in [-0.3, -0.25) is 9.79 Å². The lowest BCUT2D eigenvalue weighted by molar-refractivity contribution is -0.104. The van der Waals surface area contributed by atoms with E-state index in [4.69, 9.17) is 4.74 Å². The Kier molecular flexibility index (Phi) is 13.1. The topological polar surface area (TPSA) is 47.9 Å². The van der Waals surface area contributed by atoms with Crippen molar-refractivity contribution in [2.24, 2.45) is 4.99 Å². The van der Waals surface area contributed by atoms with E-state index in [1.165, 1.54) is 11.8 Å². The van der Waals surface area contributed by atoms with Crippen molar-refractivity contribution in [3.05, 3.63) is 53.8 Å². The van der Waals surface area contributed by atoms with E-state index in [1.54, 1.807) is 26.4 Å². The van der Waals surface area contributed by atoms with Crippen molar-refractivity contribution in [3.8, 4) is 5.75 Å². The minimum atomic E-state index is 0.409. The van der Waals surface area contributed by atoms with Gasteiger partial charge in [-0.1, -0.05) is 32.1 Å². The second-order valence-corrected chi connectivity index (χ2v) is 5.13. The highest BCUT2D eigenvalue weighted by Gasteiger charge is 2.06. The summed E-state index contributed by atoms with van der Waals surface area (Å²) in [4.78, 5) is 14.2. The van der Waals surface area contributed by atoms with Crippen LogP contribution >= 0.6 is 0 Å². The molecule has 0 radical (unpaired) electrons. The molecule has 0 aliphatic rings. The van der Waals surface area contributed by atoms with Crippen LogP contribution in [-0.4, -0.2) is 33.8 Å². The fraction of sp³-hybridized carbons (Fsp3) is 0.400. The molecule has 4 nitrogen and oxygen atoms in total. The molecule has 1 rings (SSSR count). The van der Waals surface area contributed by atoms with E-state index in [9.17, 15) is 4.79 Å². The van der Waals surface area contributed by atoms with Crippen LogP contribution in [-0.2, 0) is 9.53 Å². The number of carbonyl (C=O) groups is 1. The summed E-state index contributed by atoms with van der Waals surface area (Å²) in [5.41, 5.74) is 1.82. The predicted octanol–water partition coefficient (Wildman–Crippen LogP) is 4.57. The van der Waals surface area contributed by atoms with Crippen molar-refractivity contribution in [2.45, 2.75) is 32.6 Å². The van der Waals surface area contributed by atoms with Crippen molar-refractivity contribution in [1.82, 2.24) is 0 Å². The van der Waals surface area contributed by atoms with Crippen LogP contribution in [0.2, 0.25) is 0 Å². The van der Waals surface area contributed by atoms with E-state index in [2.05, 4.69) is 42.4 Å². The highest BCUT2D eigenvalue weighted by molar-refractivity contribution is 5.77. The Labute approximate surface area is 145 Å². The van der Waals surface area contributed by atoms with Gasteiger partial charge in [0.1, 0.15) is 12.4 Å². The summed E-state index contributed by atoms with van der Waals surface area (Å²) >= 11 is 0. The normalized spacial score (nSPS) is 11.1. The molecule has 1 aromatic carbocycles. The molecular formula is C20H29NO3. The summed E-state index contributed by atoms with van der Waals surface area (Å²) in [5, 5.41) is 0. The van der Waals surface area contributed by atoms with Gasteiger partial charge >= 0.3 is 0 Å². The number of carbonyl (C=O) groups excluding carboxylic acids is 1. The Morgan fingerprint density at radius 1 is 1.21 bits per heavy atom. The summed E-state index contributed by atoms with van der Waals surface area (Å²) in [5.74, 6) is 1.44. The lowest BCUT2D eigenvalue weighted by Crippen LogP contribution is -1.97. The maximum atomic E-state index is 10.7. The quantitative estimate of drug-likeness (QED) is 0.288. The molecule has 0 saturated carbocycles. The van der Waals surface area contributed by atoms with Gasteiger partial charge in [0, 0.05) is 26.0 Å².